The Morgan fingerprint density at radius 2 is 2.14 bits per heavy atom. The molecule has 0 spiro atoms. The molecule has 2 N–H and O–H groups in total. The van der Waals surface area contributed by atoms with E-state index >= 15 is 0 Å². The molecule has 5 nitrogen and oxygen atoms in total. The zero-order valence-electron chi connectivity index (χ0n) is 7.86. The fourth-order valence-electron chi connectivity index (χ4n) is 1.16. The van der Waals surface area contributed by atoms with Crippen LogP contribution in [0.4, 0.5) is 0 Å². The summed E-state index contributed by atoms with van der Waals surface area (Å²) >= 11 is 1.45. The molecule has 0 radical (unpaired) electrons. The summed E-state index contributed by atoms with van der Waals surface area (Å²) in [5.74, 6) is -0.231. The normalized spacial score (nSPS) is 26.9. The summed E-state index contributed by atoms with van der Waals surface area (Å²) in [6.45, 7) is 2.04. The molecule has 2 atom stereocenters. The van der Waals surface area contributed by atoms with Gasteiger partial charge in [-0.2, -0.15) is 11.8 Å². The van der Waals surface area contributed by atoms with Gasteiger partial charge in [0, 0.05) is 11.5 Å². The van der Waals surface area contributed by atoms with Gasteiger partial charge in [-0.05, 0) is 6.92 Å². The summed E-state index contributed by atoms with van der Waals surface area (Å²) < 4.78 is 4.80. The van der Waals surface area contributed by atoms with Gasteiger partial charge in [-0.25, -0.2) is 0 Å². The number of esters is 1. The van der Waals surface area contributed by atoms with E-state index in [4.69, 9.17) is 9.84 Å². The second-order valence-corrected chi connectivity index (χ2v) is 3.97. The Kier molecular flexibility index (Phi) is 4.21. The van der Waals surface area contributed by atoms with Crippen molar-refractivity contribution in [3.05, 3.63) is 0 Å². The van der Waals surface area contributed by atoms with Gasteiger partial charge in [0.2, 0.25) is 0 Å². The molecule has 0 bridgehead atoms. The smallest absolute Gasteiger partial charge is 0.324 e. The molecule has 14 heavy (non-hydrogen) atoms. The number of rotatable bonds is 3. The van der Waals surface area contributed by atoms with E-state index in [9.17, 15) is 9.59 Å². The molecule has 6 heteroatoms. The summed E-state index contributed by atoms with van der Waals surface area (Å²) in [5.41, 5.74) is 0. The van der Waals surface area contributed by atoms with Crippen LogP contribution in [0.15, 0.2) is 0 Å². The molecule has 1 unspecified atom stereocenters. The Balaban J connectivity index is 2.47. The maximum absolute atomic E-state index is 11.3. The van der Waals surface area contributed by atoms with E-state index in [1.807, 2.05) is 0 Å². The predicted molar refractivity (Wildman–Crippen MR) is 52.3 cm³/mol. The van der Waals surface area contributed by atoms with Crippen molar-refractivity contribution in [3.63, 3.8) is 0 Å². The largest absolute Gasteiger partial charge is 0.480 e. The van der Waals surface area contributed by atoms with Gasteiger partial charge < -0.3 is 9.84 Å². The monoisotopic (exact) mass is 219 g/mol. The van der Waals surface area contributed by atoms with Gasteiger partial charge in [0.05, 0.1) is 6.61 Å². The van der Waals surface area contributed by atoms with Crippen molar-refractivity contribution in [2.75, 3.05) is 18.1 Å². The van der Waals surface area contributed by atoms with Crippen molar-refractivity contribution in [1.29, 1.82) is 0 Å². The average molecular weight is 219 g/mol. The minimum Gasteiger partial charge on any atom is -0.480 e. The van der Waals surface area contributed by atoms with Gasteiger partial charge in [-0.15, -0.1) is 0 Å². The van der Waals surface area contributed by atoms with Gasteiger partial charge >= 0.3 is 11.9 Å². The fraction of sp³-hybridized carbons (Fsp3) is 0.750. The molecule has 1 aliphatic rings. The molecule has 0 amide bonds. The van der Waals surface area contributed by atoms with Crippen molar-refractivity contribution in [2.45, 2.75) is 19.0 Å². The van der Waals surface area contributed by atoms with Crippen LogP contribution < -0.4 is 5.32 Å². The molecule has 0 aromatic rings. The Bertz CT molecular complexity index is 233. The lowest BCUT2D eigenvalue weighted by Crippen LogP contribution is -2.53. The molecule has 0 aromatic carbocycles. The van der Waals surface area contributed by atoms with Crippen LogP contribution in [-0.2, 0) is 14.3 Å². The quantitative estimate of drug-likeness (QED) is 0.635. The first-order valence-corrected chi connectivity index (χ1v) is 5.54. The minimum absolute atomic E-state index is 0.319. The summed E-state index contributed by atoms with van der Waals surface area (Å²) in [7, 11) is 0. The van der Waals surface area contributed by atoms with E-state index in [1.165, 1.54) is 11.8 Å². The van der Waals surface area contributed by atoms with Crippen molar-refractivity contribution in [3.8, 4) is 0 Å². The summed E-state index contributed by atoms with van der Waals surface area (Å²) in [6.07, 6.45) is 0. The van der Waals surface area contributed by atoms with E-state index in [1.54, 1.807) is 6.92 Å². The number of aliphatic carboxylic acids is 1. The molecule has 1 saturated heterocycles. The summed E-state index contributed by atoms with van der Waals surface area (Å²) in [4.78, 5) is 21.9. The van der Waals surface area contributed by atoms with Gasteiger partial charge in [0.1, 0.15) is 12.1 Å². The average Bonchev–Trinajstić information content (AvgIpc) is 2.18. The van der Waals surface area contributed by atoms with Crippen LogP contribution >= 0.6 is 11.8 Å². The number of nitrogens with one attached hydrogen (secondary N) is 1. The van der Waals surface area contributed by atoms with Crippen LogP contribution in [0, 0.1) is 0 Å². The molecular weight excluding hydrogens is 206 g/mol. The first-order valence-electron chi connectivity index (χ1n) is 4.38. The van der Waals surface area contributed by atoms with Crippen LogP contribution in [-0.4, -0.2) is 47.2 Å². The van der Waals surface area contributed by atoms with Gasteiger partial charge in [0.15, 0.2) is 0 Å². The van der Waals surface area contributed by atoms with E-state index in [2.05, 4.69) is 5.32 Å². The van der Waals surface area contributed by atoms with Crippen molar-refractivity contribution in [1.82, 2.24) is 5.32 Å². The second-order valence-electron chi connectivity index (χ2n) is 2.90. The van der Waals surface area contributed by atoms with Crippen molar-refractivity contribution in [2.24, 2.45) is 0 Å². The number of carboxylic acid groups (broad SMARTS) is 1. The number of ether oxygens (including phenoxy) is 1. The highest BCUT2D eigenvalue weighted by atomic mass is 32.2. The van der Waals surface area contributed by atoms with Crippen molar-refractivity contribution < 1.29 is 19.4 Å². The molecule has 1 rings (SSSR count). The Morgan fingerprint density at radius 1 is 1.50 bits per heavy atom. The predicted octanol–water partition coefficient (Wildman–Crippen LogP) is -0.292. The van der Waals surface area contributed by atoms with E-state index in [-0.39, 0.29) is 5.97 Å². The van der Waals surface area contributed by atoms with Gasteiger partial charge in [-0.1, -0.05) is 0 Å². The molecule has 80 valence electrons. The summed E-state index contributed by atoms with van der Waals surface area (Å²) in [6, 6.07) is -1.14. The molecule has 1 fully saturated rings. The first kappa shape index (κ1) is 11.3. The number of carbonyl (C=O) groups is 2. The zero-order valence-corrected chi connectivity index (χ0v) is 8.67. The lowest BCUT2D eigenvalue weighted by atomic mass is 10.2. The third kappa shape index (κ3) is 2.88. The minimum atomic E-state index is -0.925. The fourth-order valence-corrected chi connectivity index (χ4v) is 2.24. The Labute approximate surface area is 86.2 Å². The van der Waals surface area contributed by atoms with Gasteiger partial charge in [-0.3, -0.25) is 14.9 Å². The van der Waals surface area contributed by atoms with Crippen molar-refractivity contribution >= 4 is 23.7 Å². The van der Waals surface area contributed by atoms with Crippen LogP contribution in [0.1, 0.15) is 6.92 Å². The van der Waals surface area contributed by atoms with E-state index in [0.29, 0.717) is 18.1 Å². The molecule has 0 aromatic heterocycles. The topological polar surface area (TPSA) is 75.6 Å². The zero-order chi connectivity index (χ0) is 10.6. The standard InChI is InChI=1S/C8H13NO4S/c1-2-13-8(12)6-4-14-3-5(9-6)7(10)11/h5-6,9H,2-4H2,1H3,(H,10,11)/t5?,6-/m0/s1. The van der Waals surface area contributed by atoms with Crippen LogP contribution in [0.25, 0.3) is 0 Å². The first-order chi connectivity index (χ1) is 6.65. The maximum atomic E-state index is 11.3. The highest BCUT2D eigenvalue weighted by molar-refractivity contribution is 7.99. The maximum Gasteiger partial charge on any atom is 0.324 e. The number of thioether (sulfide) groups is 1. The number of carboxylic acids is 1. The van der Waals surface area contributed by atoms with E-state index in [0.717, 1.165) is 0 Å². The Hall–Kier alpha value is -0.750. The molecular formula is C8H13NO4S. The van der Waals surface area contributed by atoms with Crippen LogP contribution in [0.5, 0.6) is 0 Å². The molecule has 1 aliphatic heterocycles. The molecule has 0 aliphatic carbocycles. The Morgan fingerprint density at radius 3 is 2.71 bits per heavy atom. The van der Waals surface area contributed by atoms with Crippen LogP contribution in [0.2, 0.25) is 0 Å². The summed E-state index contributed by atoms with van der Waals surface area (Å²) in [5, 5.41) is 11.5. The number of hydrogen-bond donors (Lipinski definition) is 2. The molecule has 1 heterocycles. The third-order valence-electron chi connectivity index (χ3n) is 1.84. The molecule has 0 saturated carbocycles. The number of hydrogen-bond acceptors (Lipinski definition) is 5. The third-order valence-corrected chi connectivity index (χ3v) is 2.98. The SMILES string of the molecule is CCOC(=O)[C@@H]1CSCC(C(=O)O)N1. The number of carbonyl (C=O) groups excluding carboxylic acids is 1. The lowest BCUT2D eigenvalue weighted by molar-refractivity contribution is -0.146. The highest BCUT2D eigenvalue weighted by Crippen LogP contribution is 2.13. The highest BCUT2D eigenvalue weighted by Gasteiger charge is 2.31. The van der Waals surface area contributed by atoms with Gasteiger partial charge in [0.25, 0.3) is 0 Å². The lowest BCUT2D eigenvalue weighted by Gasteiger charge is -2.26. The second kappa shape index (κ2) is 5.21. The van der Waals surface area contributed by atoms with Crippen LogP contribution in [0.3, 0.4) is 0 Å². The van der Waals surface area contributed by atoms with E-state index < -0.39 is 18.1 Å².